The molecule has 0 aliphatic carbocycles. The van der Waals surface area contributed by atoms with Crippen LogP contribution in [0.3, 0.4) is 0 Å². The molecular weight excluding hydrogens is 228 g/mol. The number of nitrogens with one attached hydrogen (secondary N) is 1. The van der Waals surface area contributed by atoms with Crippen LogP contribution in [-0.2, 0) is 6.42 Å². The van der Waals surface area contributed by atoms with Gasteiger partial charge in [0.15, 0.2) is 0 Å². The lowest BCUT2D eigenvalue weighted by atomic mass is 10.1. The molecule has 1 saturated heterocycles. The zero-order chi connectivity index (χ0) is 12.4. The van der Waals surface area contributed by atoms with Crippen molar-refractivity contribution in [3.8, 4) is 11.5 Å². The predicted molar refractivity (Wildman–Crippen MR) is 66.9 cm³/mol. The lowest BCUT2D eigenvalue weighted by Crippen LogP contribution is -2.13. The SMILES string of the molecule is CCc1cccnc1-c1noc(C2CCCN2)n1. The van der Waals surface area contributed by atoms with E-state index in [2.05, 4.69) is 27.4 Å². The number of aromatic nitrogens is 3. The van der Waals surface area contributed by atoms with Gasteiger partial charge in [0.1, 0.15) is 5.69 Å². The van der Waals surface area contributed by atoms with Gasteiger partial charge in [-0.3, -0.25) is 4.98 Å². The molecule has 0 radical (unpaired) electrons. The Hall–Kier alpha value is -1.75. The second-order valence-corrected chi connectivity index (χ2v) is 4.47. The van der Waals surface area contributed by atoms with Crippen molar-refractivity contribution in [3.63, 3.8) is 0 Å². The number of hydrogen-bond acceptors (Lipinski definition) is 5. The molecule has 5 heteroatoms. The Kier molecular flexibility index (Phi) is 3.06. The summed E-state index contributed by atoms with van der Waals surface area (Å²) in [5.74, 6) is 1.27. The highest BCUT2D eigenvalue weighted by molar-refractivity contribution is 5.53. The fraction of sp³-hybridized carbons (Fsp3) is 0.462. The van der Waals surface area contributed by atoms with E-state index >= 15 is 0 Å². The van der Waals surface area contributed by atoms with Crippen LogP contribution in [0.5, 0.6) is 0 Å². The zero-order valence-corrected chi connectivity index (χ0v) is 10.4. The van der Waals surface area contributed by atoms with Crippen LogP contribution < -0.4 is 5.32 Å². The van der Waals surface area contributed by atoms with Crippen LogP contribution in [0.25, 0.3) is 11.5 Å². The Morgan fingerprint density at radius 3 is 3.22 bits per heavy atom. The van der Waals surface area contributed by atoms with Gasteiger partial charge in [0.25, 0.3) is 0 Å². The van der Waals surface area contributed by atoms with Gasteiger partial charge < -0.3 is 9.84 Å². The van der Waals surface area contributed by atoms with Gasteiger partial charge in [-0.2, -0.15) is 4.98 Å². The summed E-state index contributed by atoms with van der Waals surface area (Å²) in [7, 11) is 0. The maximum absolute atomic E-state index is 5.34. The highest BCUT2D eigenvalue weighted by Gasteiger charge is 2.23. The normalized spacial score (nSPS) is 19.3. The Labute approximate surface area is 106 Å². The molecule has 3 rings (SSSR count). The quantitative estimate of drug-likeness (QED) is 0.896. The van der Waals surface area contributed by atoms with Gasteiger partial charge in [-0.05, 0) is 37.4 Å². The van der Waals surface area contributed by atoms with E-state index in [1.807, 2.05) is 12.1 Å². The largest absolute Gasteiger partial charge is 0.337 e. The minimum Gasteiger partial charge on any atom is -0.337 e. The summed E-state index contributed by atoms with van der Waals surface area (Å²) in [4.78, 5) is 8.82. The molecule has 1 aliphatic rings. The summed E-state index contributed by atoms with van der Waals surface area (Å²) in [6.07, 6.45) is 4.89. The number of pyridine rings is 1. The van der Waals surface area contributed by atoms with E-state index in [0.29, 0.717) is 11.7 Å². The van der Waals surface area contributed by atoms with Crippen LogP contribution in [0.2, 0.25) is 0 Å². The van der Waals surface area contributed by atoms with Crippen molar-refractivity contribution < 1.29 is 4.52 Å². The number of rotatable bonds is 3. The van der Waals surface area contributed by atoms with Crippen molar-refractivity contribution in [1.82, 2.24) is 20.4 Å². The molecule has 2 aromatic rings. The molecule has 0 aromatic carbocycles. The molecule has 1 atom stereocenters. The van der Waals surface area contributed by atoms with Crippen molar-refractivity contribution in [1.29, 1.82) is 0 Å². The van der Waals surface area contributed by atoms with Gasteiger partial charge >= 0.3 is 0 Å². The van der Waals surface area contributed by atoms with Crippen LogP contribution in [0.15, 0.2) is 22.9 Å². The summed E-state index contributed by atoms with van der Waals surface area (Å²) < 4.78 is 5.34. The summed E-state index contributed by atoms with van der Waals surface area (Å²) >= 11 is 0. The smallest absolute Gasteiger partial charge is 0.244 e. The molecule has 2 aromatic heterocycles. The molecule has 0 spiro atoms. The first kappa shape index (κ1) is 11.3. The molecule has 1 unspecified atom stereocenters. The highest BCUT2D eigenvalue weighted by Crippen LogP contribution is 2.24. The first-order valence-corrected chi connectivity index (χ1v) is 6.39. The standard InChI is InChI=1S/C13H16N4O/c1-2-9-5-3-8-15-11(9)12-16-13(18-17-12)10-6-4-7-14-10/h3,5,8,10,14H,2,4,6-7H2,1H3. The fourth-order valence-electron chi connectivity index (χ4n) is 2.29. The molecule has 3 heterocycles. The van der Waals surface area contributed by atoms with E-state index in [9.17, 15) is 0 Å². The van der Waals surface area contributed by atoms with Crippen LogP contribution in [0, 0.1) is 0 Å². The number of nitrogens with zero attached hydrogens (tertiary/aromatic N) is 3. The van der Waals surface area contributed by atoms with Crippen molar-refractivity contribution in [2.75, 3.05) is 6.54 Å². The van der Waals surface area contributed by atoms with E-state index in [1.54, 1.807) is 6.20 Å². The van der Waals surface area contributed by atoms with E-state index in [1.165, 1.54) is 0 Å². The summed E-state index contributed by atoms with van der Waals surface area (Å²) in [6, 6.07) is 4.19. The maximum Gasteiger partial charge on any atom is 0.244 e. The topological polar surface area (TPSA) is 63.8 Å². The molecule has 0 bridgehead atoms. The third-order valence-electron chi connectivity index (χ3n) is 3.28. The Bertz CT molecular complexity index is 531. The molecule has 18 heavy (non-hydrogen) atoms. The zero-order valence-electron chi connectivity index (χ0n) is 10.4. The van der Waals surface area contributed by atoms with Gasteiger partial charge in [-0.1, -0.05) is 18.1 Å². The van der Waals surface area contributed by atoms with Crippen LogP contribution in [0.1, 0.15) is 37.3 Å². The van der Waals surface area contributed by atoms with Gasteiger partial charge in [0, 0.05) is 6.20 Å². The van der Waals surface area contributed by atoms with Gasteiger partial charge in [0.2, 0.25) is 11.7 Å². The Morgan fingerprint density at radius 2 is 2.44 bits per heavy atom. The Morgan fingerprint density at radius 1 is 1.50 bits per heavy atom. The number of hydrogen-bond donors (Lipinski definition) is 1. The monoisotopic (exact) mass is 244 g/mol. The predicted octanol–water partition coefficient (Wildman–Crippen LogP) is 2.12. The molecule has 5 nitrogen and oxygen atoms in total. The van der Waals surface area contributed by atoms with Crippen LogP contribution in [0.4, 0.5) is 0 Å². The maximum atomic E-state index is 5.34. The van der Waals surface area contributed by atoms with Crippen molar-refractivity contribution in [3.05, 3.63) is 29.8 Å². The lowest BCUT2D eigenvalue weighted by Gasteiger charge is -2.02. The van der Waals surface area contributed by atoms with E-state index < -0.39 is 0 Å². The third kappa shape index (κ3) is 2.01. The third-order valence-corrected chi connectivity index (χ3v) is 3.28. The summed E-state index contributed by atoms with van der Waals surface area (Å²) in [5.41, 5.74) is 1.97. The summed E-state index contributed by atoms with van der Waals surface area (Å²) in [5, 5.41) is 7.40. The van der Waals surface area contributed by atoms with Gasteiger partial charge in [-0.15, -0.1) is 0 Å². The molecule has 0 saturated carbocycles. The van der Waals surface area contributed by atoms with Gasteiger partial charge in [-0.25, -0.2) is 0 Å². The average Bonchev–Trinajstić information content (AvgIpc) is 3.09. The minimum absolute atomic E-state index is 0.208. The first-order chi connectivity index (χ1) is 8.88. The molecule has 1 N–H and O–H groups in total. The van der Waals surface area contributed by atoms with E-state index in [0.717, 1.165) is 37.1 Å². The number of aryl methyl sites for hydroxylation is 1. The highest BCUT2D eigenvalue weighted by atomic mass is 16.5. The second-order valence-electron chi connectivity index (χ2n) is 4.47. The first-order valence-electron chi connectivity index (χ1n) is 6.39. The molecule has 1 aliphatic heterocycles. The average molecular weight is 244 g/mol. The molecule has 1 fully saturated rings. The van der Waals surface area contributed by atoms with E-state index in [4.69, 9.17) is 4.52 Å². The second kappa shape index (κ2) is 4.86. The summed E-state index contributed by atoms with van der Waals surface area (Å²) in [6.45, 7) is 3.12. The van der Waals surface area contributed by atoms with Crippen molar-refractivity contribution in [2.45, 2.75) is 32.2 Å². The van der Waals surface area contributed by atoms with Gasteiger partial charge in [0.05, 0.1) is 6.04 Å². The van der Waals surface area contributed by atoms with Crippen molar-refractivity contribution >= 4 is 0 Å². The van der Waals surface area contributed by atoms with Crippen LogP contribution >= 0.6 is 0 Å². The molecular formula is C13H16N4O. The Balaban J connectivity index is 1.92. The lowest BCUT2D eigenvalue weighted by molar-refractivity contribution is 0.345. The van der Waals surface area contributed by atoms with Crippen molar-refractivity contribution in [2.24, 2.45) is 0 Å². The molecule has 94 valence electrons. The van der Waals surface area contributed by atoms with E-state index in [-0.39, 0.29) is 6.04 Å². The fourth-order valence-corrected chi connectivity index (χ4v) is 2.29. The van der Waals surface area contributed by atoms with Crippen LogP contribution in [-0.4, -0.2) is 21.7 Å². The molecule has 0 amide bonds. The minimum atomic E-state index is 0.208.